The minimum absolute atomic E-state index is 0.330. The minimum Gasteiger partial charge on any atom is -0.465 e. The molecule has 76 valence electrons. The second-order valence-electron chi connectivity index (χ2n) is 3.01. The minimum atomic E-state index is -0.475. The molecular formula is C11H8O4. The van der Waals surface area contributed by atoms with Crippen molar-refractivity contribution >= 4 is 23.2 Å². The second kappa shape index (κ2) is 3.57. The zero-order valence-electron chi connectivity index (χ0n) is 8.02. The first-order valence-corrected chi connectivity index (χ1v) is 4.31. The molecule has 1 aromatic carbocycles. The van der Waals surface area contributed by atoms with Crippen molar-refractivity contribution in [2.45, 2.75) is 0 Å². The number of esters is 1. The molecule has 0 fully saturated rings. The number of rotatable bonds is 2. The standard InChI is InChI=1S/C11H8O4/c1-14-11(13)9-6-15-10-3-2-7(5-12)4-8(9)10/h2-6H,1H3. The monoisotopic (exact) mass is 204 g/mol. The first kappa shape index (κ1) is 9.45. The molecule has 0 N–H and O–H groups in total. The molecule has 0 radical (unpaired) electrons. The molecular weight excluding hydrogens is 196 g/mol. The van der Waals surface area contributed by atoms with E-state index in [2.05, 4.69) is 4.74 Å². The number of carbonyl (C=O) groups is 2. The van der Waals surface area contributed by atoms with E-state index in [1.807, 2.05) is 0 Å². The van der Waals surface area contributed by atoms with Crippen LogP contribution in [0.1, 0.15) is 20.7 Å². The Morgan fingerprint density at radius 2 is 2.27 bits per heavy atom. The molecule has 2 rings (SSSR count). The molecule has 0 amide bonds. The molecule has 15 heavy (non-hydrogen) atoms. The first-order valence-electron chi connectivity index (χ1n) is 4.31. The van der Waals surface area contributed by atoms with Crippen LogP contribution in [0.4, 0.5) is 0 Å². The second-order valence-corrected chi connectivity index (χ2v) is 3.01. The number of furan rings is 1. The molecule has 1 heterocycles. The summed E-state index contributed by atoms with van der Waals surface area (Å²) in [4.78, 5) is 21.9. The Morgan fingerprint density at radius 3 is 2.93 bits per heavy atom. The largest absolute Gasteiger partial charge is 0.465 e. The van der Waals surface area contributed by atoms with Crippen molar-refractivity contribution in [3.05, 3.63) is 35.6 Å². The number of benzene rings is 1. The van der Waals surface area contributed by atoms with Gasteiger partial charge in [0.2, 0.25) is 0 Å². The molecule has 0 saturated heterocycles. The third kappa shape index (κ3) is 1.50. The van der Waals surface area contributed by atoms with Crippen molar-refractivity contribution in [1.82, 2.24) is 0 Å². The molecule has 4 heteroatoms. The van der Waals surface area contributed by atoms with Gasteiger partial charge in [-0.25, -0.2) is 4.79 Å². The van der Waals surface area contributed by atoms with Gasteiger partial charge in [-0.2, -0.15) is 0 Å². The van der Waals surface area contributed by atoms with Crippen LogP contribution in [-0.4, -0.2) is 19.4 Å². The number of ether oxygens (including phenoxy) is 1. The molecule has 0 aliphatic carbocycles. The van der Waals surface area contributed by atoms with Gasteiger partial charge in [-0.15, -0.1) is 0 Å². The number of hydrogen-bond donors (Lipinski definition) is 0. The van der Waals surface area contributed by atoms with Gasteiger partial charge in [0.05, 0.1) is 7.11 Å². The predicted octanol–water partition coefficient (Wildman–Crippen LogP) is 2.03. The third-order valence-electron chi connectivity index (χ3n) is 2.14. The highest BCUT2D eigenvalue weighted by molar-refractivity contribution is 6.04. The number of hydrogen-bond acceptors (Lipinski definition) is 4. The van der Waals surface area contributed by atoms with E-state index in [-0.39, 0.29) is 0 Å². The lowest BCUT2D eigenvalue weighted by Crippen LogP contribution is -1.99. The molecule has 1 aromatic heterocycles. The molecule has 0 saturated carbocycles. The molecule has 2 aromatic rings. The topological polar surface area (TPSA) is 56.5 Å². The van der Waals surface area contributed by atoms with Crippen LogP contribution in [0.25, 0.3) is 11.0 Å². The Balaban J connectivity index is 2.66. The third-order valence-corrected chi connectivity index (χ3v) is 2.14. The normalized spacial score (nSPS) is 10.2. The van der Waals surface area contributed by atoms with Gasteiger partial charge in [-0.05, 0) is 18.2 Å². The van der Waals surface area contributed by atoms with Crippen LogP contribution in [0.2, 0.25) is 0 Å². The molecule has 0 aliphatic heterocycles. The lowest BCUT2D eigenvalue weighted by molar-refractivity contribution is 0.0601. The maximum atomic E-state index is 11.3. The van der Waals surface area contributed by atoms with Gasteiger partial charge >= 0.3 is 5.97 Å². The van der Waals surface area contributed by atoms with Crippen molar-refractivity contribution in [2.24, 2.45) is 0 Å². The Hall–Kier alpha value is -2.10. The van der Waals surface area contributed by atoms with Crippen LogP contribution >= 0.6 is 0 Å². The number of methoxy groups -OCH3 is 1. The summed E-state index contributed by atoms with van der Waals surface area (Å²) in [7, 11) is 1.30. The summed E-state index contributed by atoms with van der Waals surface area (Å²) in [5.74, 6) is -0.475. The van der Waals surface area contributed by atoms with Gasteiger partial charge < -0.3 is 9.15 Å². The molecule has 0 aliphatic rings. The van der Waals surface area contributed by atoms with Crippen molar-refractivity contribution in [3.8, 4) is 0 Å². The summed E-state index contributed by atoms with van der Waals surface area (Å²) < 4.78 is 9.74. The zero-order valence-corrected chi connectivity index (χ0v) is 8.02. The summed E-state index contributed by atoms with van der Waals surface area (Å²) >= 11 is 0. The van der Waals surface area contributed by atoms with Crippen molar-refractivity contribution < 1.29 is 18.7 Å². The van der Waals surface area contributed by atoms with Gasteiger partial charge in [-0.3, -0.25) is 4.79 Å². The maximum absolute atomic E-state index is 11.3. The highest BCUT2D eigenvalue weighted by Gasteiger charge is 2.13. The molecule has 4 nitrogen and oxygen atoms in total. The SMILES string of the molecule is COC(=O)c1coc2ccc(C=O)cc12. The van der Waals surface area contributed by atoms with Gasteiger partial charge in [0.25, 0.3) is 0 Å². The summed E-state index contributed by atoms with van der Waals surface area (Å²) in [5, 5.41) is 0.589. The van der Waals surface area contributed by atoms with Crippen LogP contribution in [0.5, 0.6) is 0 Å². The van der Waals surface area contributed by atoms with Crippen LogP contribution in [0, 0.1) is 0 Å². The van der Waals surface area contributed by atoms with Gasteiger partial charge in [0.15, 0.2) is 0 Å². The smallest absolute Gasteiger partial charge is 0.341 e. The van der Waals surface area contributed by atoms with E-state index < -0.39 is 5.97 Å². The summed E-state index contributed by atoms with van der Waals surface area (Å²) in [6.07, 6.45) is 2.04. The van der Waals surface area contributed by atoms with E-state index in [9.17, 15) is 9.59 Å². The Kier molecular flexibility index (Phi) is 2.25. The predicted molar refractivity (Wildman–Crippen MR) is 52.9 cm³/mol. The summed E-state index contributed by atoms with van der Waals surface area (Å²) in [6, 6.07) is 4.86. The highest BCUT2D eigenvalue weighted by Crippen LogP contribution is 2.22. The lowest BCUT2D eigenvalue weighted by atomic mass is 10.1. The average molecular weight is 204 g/mol. The lowest BCUT2D eigenvalue weighted by Gasteiger charge is -1.95. The molecule has 0 atom stereocenters. The fourth-order valence-electron chi connectivity index (χ4n) is 1.39. The molecule has 0 spiro atoms. The van der Waals surface area contributed by atoms with E-state index in [0.717, 1.165) is 0 Å². The van der Waals surface area contributed by atoms with Gasteiger partial charge in [0, 0.05) is 10.9 Å². The Bertz CT molecular complexity index is 524. The van der Waals surface area contributed by atoms with E-state index >= 15 is 0 Å². The van der Waals surface area contributed by atoms with E-state index in [0.29, 0.717) is 28.4 Å². The van der Waals surface area contributed by atoms with Crippen molar-refractivity contribution in [2.75, 3.05) is 7.11 Å². The van der Waals surface area contributed by atoms with E-state index in [4.69, 9.17) is 4.42 Å². The molecule has 0 bridgehead atoms. The Labute approximate surface area is 85.4 Å². The summed E-state index contributed by atoms with van der Waals surface area (Å²) in [6.45, 7) is 0. The van der Waals surface area contributed by atoms with Gasteiger partial charge in [0.1, 0.15) is 23.7 Å². The zero-order chi connectivity index (χ0) is 10.8. The number of aldehydes is 1. The van der Waals surface area contributed by atoms with Crippen molar-refractivity contribution in [3.63, 3.8) is 0 Å². The van der Waals surface area contributed by atoms with Crippen LogP contribution < -0.4 is 0 Å². The Morgan fingerprint density at radius 1 is 1.47 bits per heavy atom. The van der Waals surface area contributed by atoms with Gasteiger partial charge in [-0.1, -0.05) is 0 Å². The fourth-order valence-corrected chi connectivity index (χ4v) is 1.39. The van der Waals surface area contributed by atoms with Crippen LogP contribution in [0.15, 0.2) is 28.9 Å². The van der Waals surface area contributed by atoms with Crippen molar-refractivity contribution in [1.29, 1.82) is 0 Å². The average Bonchev–Trinajstić information content (AvgIpc) is 2.70. The van der Waals surface area contributed by atoms with Crippen LogP contribution in [-0.2, 0) is 4.74 Å². The van der Waals surface area contributed by atoms with E-state index in [1.165, 1.54) is 13.4 Å². The van der Waals surface area contributed by atoms with E-state index in [1.54, 1.807) is 18.2 Å². The highest BCUT2D eigenvalue weighted by atomic mass is 16.5. The maximum Gasteiger partial charge on any atom is 0.341 e. The first-order chi connectivity index (χ1) is 7.26. The summed E-state index contributed by atoms with van der Waals surface area (Å²) in [5.41, 5.74) is 1.38. The van der Waals surface area contributed by atoms with Crippen LogP contribution in [0.3, 0.4) is 0 Å². The number of carbonyl (C=O) groups excluding carboxylic acids is 2. The quantitative estimate of drug-likeness (QED) is 0.554. The molecule has 0 unspecified atom stereocenters. The number of fused-ring (bicyclic) bond motifs is 1. The fraction of sp³-hybridized carbons (Fsp3) is 0.0909.